The Balaban J connectivity index is 3.04. The minimum Gasteiger partial charge on any atom is -0.456 e. The van der Waals surface area contributed by atoms with Crippen LogP contribution in [0.25, 0.3) is 0 Å². The van der Waals surface area contributed by atoms with Crippen LogP contribution in [-0.4, -0.2) is 35.6 Å². The van der Waals surface area contributed by atoms with Crippen molar-refractivity contribution in [3.05, 3.63) is 0 Å². The van der Waals surface area contributed by atoms with Crippen molar-refractivity contribution in [3.63, 3.8) is 0 Å². The van der Waals surface area contributed by atoms with Gasteiger partial charge in [-0.25, -0.2) is 9.59 Å². The zero-order valence-corrected chi connectivity index (χ0v) is 17.4. The highest BCUT2D eigenvalue weighted by Gasteiger charge is 2.56. The maximum atomic E-state index is 12.9. The number of nitrogens with two attached hydrogens (primary N) is 2. The average Bonchev–Trinajstić information content (AvgIpc) is 2.58. The molecule has 7 heteroatoms. The van der Waals surface area contributed by atoms with E-state index in [4.69, 9.17) is 20.9 Å². The maximum absolute atomic E-state index is 12.9. The molecular weight excluding hydrogens is 348 g/mol. The van der Waals surface area contributed by atoms with Crippen LogP contribution >= 0.6 is 0 Å². The van der Waals surface area contributed by atoms with Gasteiger partial charge in [0.05, 0.1) is 5.41 Å². The van der Waals surface area contributed by atoms with Crippen LogP contribution in [0.5, 0.6) is 0 Å². The van der Waals surface area contributed by atoms with E-state index in [0.29, 0.717) is 12.8 Å². The third-order valence-electron chi connectivity index (χ3n) is 5.47. The van der Waals surface area contributed by atoms with Crippen molar-refractivity contribution in [1.29, 1.82) is 0 Å². The lowest BCUT2D eigenvalue weighted by Gasteiger charge is -2.47. The van der Waals surface area contributed by atoms with Crippen molar-refractivity contribution in [2.24, 2.45) is 22.8 Å². The van der Waals surface area contributed by atoms with Crippen LogP contribution in [0, 0.1) is 11.3 Å². The van der Waals surface area contributed by atoms with Gasteiger partial charge < -0.3 is 20.0 Å². The first-order valence-corrected chi connectivity index (χ1v) is 9.86. The normalized spacial score (nSPS) is 21.4. The van der Waals surface area contributed by atoms with Gasteiger partial charge in [-0.1, -0.05) is 32.6 Å². The first-order valence-electron chi connectivity index (χ1n) is 9.86. The highest BCUT2D eigenvalue weighted by Crippen LogP contribution is 2.47. The molecule has 3 atom stereocenters. The molecule has 1 aliphatic carbocycles. The van der Waals surface area contributed by atoms with Crippen LogP contribution in [0.15, 0.2) is 0 Å². The lowest BCUT2D eigenvalue weighted by atomic mass is 9.58. The molecule has 7 nitrogen and oxygen atoms in total. The SMILES string of the molecule is CCCC(C=O)(C1CCCCC1)C(C)(N)C(=O)OC(N)C(=O)OC(C)(C)C. The van der Waals surface area contributed by atoms with Gasteiger partial charge in [-0.3, -0.25) is 5.73 Å². The Hall–Kier alpha value is -1.47. The fourth-order valence-electron chi connectivity index (χ4n) is 4.03. The zero-order valence-electron chi connectivity index (χ0n) is 17.4. The molecule has 0 saturated heterocycles. The zero-order chi connectivity index (χ0) is 20.9. The predicted molar refractivity (Wildman–Crippen MR) is 102 cm³/mol. The van der Waals surface area contributed by atoms with E-state index in [1.54, 1.807) is 20.8 Å². The van der Waals surface area contributed by atoms with E-state index in [0.717, 1.165) is 38.4 Å². The summed E-state index contributed by atoms with van der Waals surface area (Å²) in [7, 11) is 0. The van der Waals surface area contributed by atoms with Crippen LogP contribution in [0.1, 0.15) is 79.6 Å². The third kappa shape index (κ3) is 5.51. The molecule has 0 aliphatic heterocycles. The Bertz CT molecular complexity index is 535. The Morgan fingerprint density at radius 2 is 1.70 bits per heavy atom. The number of carbonyl (C=O) groups is 3. The number of hydrogen-bond donors (Lipinski definition) is 2. The lowest BCUT2D eigenvalue weighted by Crippen LogP contribution is -2.64. The summed E-state index contributed by atoms with van der Waals surface area (Å²) in [6, 6.07) is 0. The number of esters is 2. The van der Waals surface area contributed by atoms with E-state index in [2.05, 4.69) is 0 Å². The van der Waals surface area contributed by atoms with Crippen molar-refractivity contribution in [2.45, 2.75) is 96.9 Å². The Morgan fingerprint density at radius 3 is 2.15 bits per heavy atom. The smallest absolute Gasteiger partial charge is 0.363 e. The second-order valence-electron chi connectivity index (χ2n) is 8.80. The van der Waals surface area contributed by atoms with E-state index >= 15 is 0 Å². The molecule has 1 saturated carbocycles. The second kappa shape index (κ2) is 9.15. The van der Waals surface area contributed by atoms with Gasteiger partial charge in [0.15, 0.2) is 0 Å². The molecule has 0 spiro atoms. The fourth-order valence-corrected chi connectivity index (χ4v) is 4.03. The number of ether oxygens (including phenoxy) is 2. The summed E-state index contributed by atoms with van der Waals surface area (Å²) in [4.78, 5) is 37.2. The van der Waals surface area contributed by atoms with E-state index in [9.17, 15) is 14.4 Å². The van der Waals surface area contributed by atoms with Crippen LogP contribution < -0.4 is 11.5 Å². The van der Waals surface area contributed by atoms with E-state index in [-0.39, 0.29) is 5.92 Å². The summed E-state index contributed by atoms with van der Waals surface area (Å²) in [6.45, 7) is 8.53. The van der Waals surface area contributed by atoms with Crippen molar-refractivity contribution in [1.82, 2.24) is 0 Å². The molecule has 3 unspecified atom stereocenters. The van der Waals surface area contributed by atoms with Crippen LogP contribution in [0.4, 0.5) is 0 Å². The highest BCUT2D eigenvalue weighted by molar-refractivity contribution is 5.88. The number of hydrogen-bond acceptors (Lipinski definition) is 7. The standard InChI is InChI=1S/C20H36N2O5/c1-6-12-20(13-23,14-10-8-7-9-11-14)19(5,22)17(25)26-15(21)16(24)27-18(2,3)4/h13-15H,6-12,21-22H2,1-5H3. The molecular formula is C20H36N2O5. The molecule has 0 bridgehead atoms. The molecule has 4 N–H and O–H groups in total. The van der Waals surface area contributed by atoms with Crippen molar-refractivity contribution < 1.29 is 23.9 Å². The Kier molecular flexibility index (Phi) is 7.99. The first-order chi connectivity index (χ1) is 12.4. The lowest BCUT2D eigenvalue weighted by molar-refractivity contribution is -0.181. The molecule has 0 heterocycles. The largest absolute Gasteiger partial charge is 0.456 e. The number of rotatable bonds is 8. The molecule has 1 rings (SSSR count). The van der Waals surface area contributed by atoms with Crippen LogP contribution in [0.2, 0.25) is 0 Å². The molecule has 27 heavy (non-hydrogen) atoms. The van der Waals surface area contributed by atoms with Crippen LogP contribution in [0.3, 0.4) is 0 Å². The maximum Gasteiger partial charge on any atom is 0.363 e. The van der Waals surface area contributed by atoms with Gasteiger partial charge in [0.25, 0.3) is 0 Å². The van der Waals surface area contributed by atoms with Gasteiger partial charge in [-0.2, -0.15) is 0 Å². The van der Waals surface area contributed by atoms with Crippen molar-refractivity contribution in [2.75, 3.05) is 0 Å². The average molecular weight is 385 g/mol. The molecule has 1 aliphatic rings. The quantitative estimate of drug-likeness (QED) is 0.374. The number of aldehydes is 1. The van der Waals surface area contributed by atoms with E-state index in [1.165, 1.54) is 6.92 Å². The van der Waals surface area contributed by atoms with Gasteiger partial charge >= 0.3 is 11.9 Å². The minimum atomic E-state index is -1.59. The molecule has 1 fully saturated rings. The Morgan fingerprint density at radius 1 is 1.15 bits per heavy atom. The molecule has 0 aromatic heterocycles. The van der Waals surface area contributed by atoms with E-state index < -0.39 is 34.7 Å². The monoisotopic (exact) mass is 384 g/mol. The van der Waals surface area contributed by atoms with Gasteiger partial charge in [0.2, 0.25) is 6.23 Å². The Labute approximate surface area is 162 Å². The predicted octanol–water partition coefficient (Wildman–Crippen LogP) is 2.44. The summed E-state index contributed by atoms with van der Waals surface area (Å²) in [5.41, 5.74) is 8.73. The van der Waals surface area contributed by atoms with Gasteiger partial charge in [0, 0.05) is 0 Å². The highest BCUT2D eigenvalue weighted by atomic mass is 16.6. The van der Waals surface area contributed by atoms with Gasteiger partial charge in [0.1, 0.15) is 17.4 Å². The molecule has 0 aromatic carbocycles. The van der Waals surface area contributed by atoms with Gasteiger partial charge in [-0.15, -0.1) is 0 Å². The van der Waals surface area contributed by atoms with Crippen molar-refractivity contribution in [3.8, 4) is 0 Å². The molecule has 0 radical (unpaired) electrons. The number of carbonyl (C=O) groups excluding carboxylic acids is 3. The summed E-state index contributed by atoms with van der Waals surface area (Å²) in [5.74, 6) is -1.70. The first kappa shape index (κ1) is 23.6. The van der Waals surface area contributed by atoms with Crippen LogP contribution in [-0.2, 0) is 23.9 Å². The summed E-state index contributed by atoms with van der Waals surface area (Å²) >= 11 is 0. The summed E-state index contributed by atoms with van der Waals surface area (Å²) in [5, 5.41) is 0. The van der Waals surface area contributed by atoms with Gasteiger partial charge in [-0.05, 0) is 52.9 Å². The minimum absolute atomic E-state index is 0.00370. The molecule has 0 amide bonds. The summed E-state index contributed by atoms with van der Waals surface area (Å²) in [6.07, 6.45) is 5.24. The topological polar surface area (TPSA) is 122 Å². The second-order valence-corrected chi connectivity index (χ2v) is 8.80. The fraction of sp³-hybridized carbons (Fsp3) is 0.850. The summed E-state index contributed by atoms with van der Waals surface area (Å²) < 4.78 is 10.3. The third-order valence-corrected chi connectivity index (χ3v) is 5.47. The van der Waals surface area contributed by atoms with Crippen molar-refractivity contribution >= 4 is 18.2 Å². The molecule has 0 aromatic rings. The van der Waals surface area contributed by atoms with E-state index in [1.807, 2.05) is 6.92 Å². The molecule has 156 valence electrons.